The van der Waals surface area contributed by atoms with Crippen molar-refractivity contribution in [1.29, 1.82) is 0 Å². The van der Waals surface area contributed by atoms with Crippen molar-refractivity contribution in [3.05, 3.63) is 47.5 Å². The molecule has 1 unspecified atom stereocenters. The fourth-order valence-electron chi connectivity index (χ4n) is 3.88. The Morgan fingerprint density at radius 2 is 1.66 bits per heavy atom. The number of amides is 2. The second-order valence-corrected chi connectivity index (χ2v) is 8.91. The lowest BCUT2D eigenvalue weighted by atomic mass is 9.85. The summed E-state index contributed by atoms with van der Waals surface area (Å²) >= 11 is 0. The average molecular weight is 446 g/mol. The third kappa shape index (κ3) is 6.19. The van der Waals surface area contributed by atoms with E-state index in [1.165, 1.54) is 11.8 Å². The Bertz CT molecular complexity index is 814. The zero-order valence-electron chi connectivity index (χ0n) is 20.6. The first-order valence-electron chi connectivity index (χ1n) is 11.2. The van der Waals surface area contributed by atoms with Crippen LogP contribution in [0.1, 0.15) is 53.5 Å². The molecule has 0 aliphatic heterocycles. The van der Waals surface area contributed by atoms with Crippen molar-refractivity contribution in [1.82, 2.24) is 15.5 Å². The highest BCUT2D eigenvalue weighted by Gasteiger charge is 2.40. The summed E-state index contributed by atoms with van der Waals surface area (Å²) < 4.78 is 0. The van der Waals surface area contributed by atoms with Crippen molar-refractivity contribution in [2.45, 2.75) is 65.6 Å². The summed E-state index contributed by atoms with van der Waals surface area (Å²) in [6.45, 7) is 11.1. The largest absolute Gasteiger partial charge is 0.478 e. The first-order valence-corrected chi connectivity index (χ1v) is 11.2. The van der Waals surface area contributed by atoms with E-state index in [0.717, 1.165) is 5.56 Å². The molecule has 1 aromatic carbocycles. The van der Waals surface area contributed by atoms with Crippen LogP contribution in [0.5, 0.6) is 0 Å². The quantitative estimate of drug-likeness (QED) is 0.455. The Morgan fingerprint density at radius 3 is 2.06 bits per heavy atom. The van der Waals surface area contributed by atoms with Crippen LogP contribution in [0.25, 0.3) is 0 Å². The average Bonchev–Trinajstić information content (AvgIpc) is 2.76. The van der Waals surface area contributed by atoms with E-state index in [2.05, 4.69) is 10.6 Å². The molecule has 0 fully saturated rings. The molecule has 0 saturated carbocycles. The van der Waals surface area contributed by atoms with Crippen LogP contribution in [-0.2, 0) is 19.9 Å². The van der Waals surface area contributed by atoms with E-state index in [0.29, 0.717) is 6.42 Å². The van der Waals surface area contributed by atoms with Gasteiger partial charge in [-0.2, -0.15) is 0 Å². The number of nitrogens with zero attached hydrogens (tertiary/aromatic N) is 1. The Morgan fingerprint density at radius 1 is 1.09 bits per heavy atom. The summed E-state index contributed by atoms with van der Waals surface area (Å²) in [5.41, 5.74) is 0.0356. The normalized spacial score (nSPS) is 15.8. The van der Waals surface area contributed by atoms with Crippen LogP contribution in [0, 0.1) is 11.8 Å². The minimum Gasteiger partial charge on any atom is -0.478 e. The summed E-state index contributed by atoms with van der Waals surface area (Å²) in [6.07, 6.45) is 2.10. The van der Waals surface area contributed by atoms with E-state index in [9.17, 15) is 19.5 Å². The van der Waals surface area contributed by atoms with Crippen molar-refractivity contribution in [3.63, 3.8) is 0 Å². The predicted octanol–water partition coefficient (Wildman–Crippen LogP) is 3.17. The monoisotopic (exact) mass is 445 g/mol. The van der Waals surface area contributed by atoms with Crippen molar-refractivity contribution < 1.29 is 19.5 Å². The number of carboxylic acid groups (broad SMARTS) is 1. The molecule has 0 aliphatic carbocycles. The molecule has 0 spiro atoms. The van der Waals surface area contributed by atoms with Crippen LogP contribution >= 0.6 is 0 Å². The molecule has 2 amide bonds. The molecule has 7 nitrogen and oxygen atoms in total. The van der Waals surface area contributed by atoms with E-state index in [1.54, 1.807) is 20.2 Å². The Balaban J connectivity index is 3.26. The lowest BCUT2D eigenvalue weighted by Crippen LogP contribution is -2.60. The van der Waals surface area contributed by atoms with Gasteiger partial charge in [-0.15, -0.1) is 0 Å². The van der Waals surface area contributed by atoms with E-state index in [-0.39, 0.29) is 29.2 Å². The van der Waals surface area contributed by atoms with Gasteiger partial charge in [-0.05, 0) is 37.8 Å². The second kappa shape index (κ2) is 11.8. The standard InChI is InChI=1S/C25H39N3O4/c1-9-25(26-7,19-13-11-10-12-14-19)24(32)27-21(17(4)5)22(29)28(8)20(16(2)3)15-18(6)23(30)31/h10-17,20-21,26H,9H2,1-8H3,(H,27,32)(H,30,31)/b18-15+/t20-,21+,25?/m1/s1. The smallest absolute Gasteiger partial charge is 0.331 e. The second-order valence-electron chi connectivity index (χ2n) is 8.91. The van der Waals surface area contributed by atoms with Crippen LogP contribution in [0.2, 0.25) is 0 Å². The molecule has 7 heteroatoms. The van der Waals surface area contributed by atoms with Gasteiger partial charge in [0.25, 0.3) is 0 Å². The van der Waals surface area contributed by atoms with Gasteiger partial charge in [-0.25, -0.2) is 4.79 Å². The van der Waals surface area contributed by atoms with Gasteiger partial charge >= 0.3 is 5.97 Å². The molecular weight excluding hydrogens is 406 g/mol. The summed E-state index contributed by atoms with van der Waals surface area (Å²) in [6, 6.07) is 8.28. The Hall–Kier alpha value is -2.67. The number of aliphatic carboxylic acids is 1. The molecule has 0 bridgehead atoms. The van der Waals surface area contributed by atoms with E-state index in [1.807, 2.05) is 65.0 Å². The van der Waals surface area contributed by atoms with Crippen LogP contribution in [0.15, 0.2) is 42.0 Å². The lowest BCUT2D eigenvalue weighted by Gasteiger charge is -2.37. The molecule has 32 heavy (non-hydrogen) atoms. The van der Waals surface area contributed by atoms with E-state index < -0.39 is 23.6 Å². The highest BCUT2D eigenvalue weighted by Crippen LogP contribution is 2.26. The number of carboxylic acids is 1. The molecule has 1 rings (SSSR count). The molecule has 0 saturated heterocycles. The lowest BCUT2D eigenvalue weighted by molar-refractivity contribution is -0.140. The van der Waals surface area contributed by atoms with Crippen LogP contribution in [-0.4, -0.2) is 54.0 Å². The highest BCUT2D eigenvalue weighted by molar-refractivity contribution is 5.93. The van der Waals surface area contributed by atoms with Gasteiger partial charge in [0.1, 0.15) is 11.6 Å². The SMILES string of the molecule is CCC(NC)(C(=O)N[C@H](C(=O)N(C)[C@H](/C=C(\C)C(=O)O)C(C)C)C(C)C)c1ccccc1. The number of rotatable bonds is 11. The number of carbonyl (C=O) groups is 3. The van der Waals surface area contributed by atoms with E-state index in [4.69, 9.17) is 0 Å². The van der Waals surface area contributed by atoms with Crippen molar-refractivity contribution in [2.75, 3.05) is 14.1 Å². The Kier molecular flexibility index (Phi) is 10.1. The number of hydrogen-bond acceptors (Lipinski definition) is 4. The molecule has 1 aromatic rings. The zero-order valence-corrected chi connectivity index (χ0v) is 20.6. The van der Waals surface area contributed by atoms with Crippen LogP contribution < -0.4 is 10.6 Å². The number of carbonyl (C=O) groups excluding carboxylic acids is 2. The van der Waals surface area contributed by atoms with Crippen molar-refractivity contribution >= 4 is 17.8 Å². The van der Waals surface area contributed by atoms with Gasteiger partial charge in [0.05, 0.1) is 6.04 Å². The van der Waals surface area contributed by atoms with E-state index >= 15 is 0 Å². The minimum atomic E-state index is -1.02. The van der Waals surface area contributed by atoms with Gasteiger partial charge in [0.2, 0.25) is 11.8 Å². The summed E-state index contributed by atoms with van der Waals surface area (Å²) in [7, 11) is 3.39. The summed E-state index contributed by atoms with van der Waals surface area (Å²) in [5.74, 6) is -1.70. The minimum absolute atomic E-state index is 0.00174. The summed E-state index contributed by atoms with van der Waals surface area (Å²) in [4.78, 5) is 39.8. The topological polar surface area (TPSA) is 98.7 Å². The number of hydrogen-bond donors (Lipinski definition) is 3. The van der Waals surface area contributed by atoms with Crippen LogP contribution in [0.4, 0.5) is 0 Å². The summed E-state index contributed by atoms with van der Waals surface area (Å²) in [5, 5.41) is 15.4. The maximum Gasteiger partial charge on any atom is 0.331 e. The third-order valence-electron chi connectivity index (χ3n) is 6.07. The maximum atomic E-state index is 13.5. The predicted molar refractivity (Wildman–Crippen MR) is 127 cm³/mol. The highest BCUT2D eigenvalue weighted by atomic mass is 16.4. The van der Waals surface area contributed by atoms with Gasteiger partial charge in [-0.1, -0.05) is 71.0 Å². The fraction of sp³-hybridized carbons (Fsp3) is 0.560. The molecule has 0 radical (unpaired) electrons. The van der Waals surface area contributed by atoms with Gasteiger partial charge < -0.3 is 20.6 Å². The number of nitrogens with one attached hydrogen (secondary N) is 2. The number of likely N-dealkylation sites (N-methyl/N-ethyl adjacent to an activating group) is 2. The van der Waals surface area contributed by atoms with Crippen LogP contribution in [0.3, 0.4) is 0 Å². The van der Waals surface area contributed by atoms with Crippen molar-refractivity contribution in [2.24, 2.45) is 11.8 Å². The number of benzene rings is 1. The molecule has 178 valence electrons. The van der Waals surface area contributed by atoms with Gasteiger partial charge in [0.15, 0.2) is 0 Å². The molecule has 0 aliphatic rings. The fourth-order valence-corrected chi connectivity index (χ4v) is 3.88. The third-order valence-corrected chi connectivity index (χ3v) is 6.07. The molecular formula is C25H39N3O4. The maximum absolute atomic E-state index is 13.5. The Labute approximate surface area is 192 Å². The first-order chi connectivity index (χ1) is 14.9. The first kappa shape index (κ1) is 27.4. The van der Waals surface area contributed by atoms with Crippen molar-refractivity contribution in [3.8, 4) is 0 Å². The molecule has 3 N–H and O–H groups in total. The zero-order chi connectivity index (χ0) is 24.6. The molecule has 3 atom stereocenters. The van der Waals surface area contributed by atoms with Gasteiger partial charge in [-0.3, -0.25) is 9.59 Å². The molecule has 0 aromatic heterocycles. The molecule has 0 heterocycles. The van der Waals surface area contributed by atoms with Gasteiger partial charge in [0, 0.05) is 12.6 Å².